The average molecular weight is 564 g/mol. The summed E-state index contributed by atoms with van der Waals surface area (Å²) in [5, 5.41) is 3.45. The van der Waals surface area contributed by atoms with Gasteiger partial charge < -0.3 is 14.8 Å². The number of halogens is 1. The van der Waals surface area contributed by atoms with Crippen molar-refractivity contribution in [2.24, 2.45) is 4.99 Å². The summed E-state index contributed by atoms with van der Waals surface area (Å²) in [6.45, 7) is 11.6. The molecular formula is C26H38IN5O. The molecule has 0 unspecified atom stereocenters. The number of unbranched alkanes of at least 4 members (excludes halogenated alkanes) is 1. The minimum absolute atomic E-state index is 0. The van der Waals surface area contributed by atoms with Crippen molar-refractivity contribution < 1.29 is 0 Å². The first-order valence-electron chi connectivity index (χ1n) is 11.8. The van der Waals surface area contributed by atoms with E-state index in [1.807, 2.05) is 29.7 Å². The van der Waals surface area contributed by atoms with Gasteiger partial charge in [0.25, 0.3) is 5.56 Å². The van der Waals surface area contributed by atoms with Crippen LogP contribution in [0.4, 0.5) is 0 Å². The first-order chi connectivity index (χ1) is 15.7. The molecule has 3 rings (SSSR count). The van der Waals surface area contributed by atoms with Gasteiger partial charge in [-0.05, 0) is 38.3 Å². The van der Waals surface area contributed by atoms with Gasteiger partial charge in [0.05, 0.1) is 0 Å². The van der Waals surface area contributed by atoms with Gasteiger partial charge in [0, 0.05) is 64.1 Å². The number of pyridine rings is 1. The summed E-state index contributed by atoms with van der Waals surface area (Å²) in [5.74, 6) is 1.01. The zero-order chi connectivity index (χ0) is 22.6. The van der Waals surface area contributed by atoms with E-state index in [0.29, 0.717) is 0 Å². The molecule has 1 fully saturated rings. The fraction of sp³-hybridized carbons (Fsp3) is 0.462. The van der Waals surface area contributed by atoms with Crippen LogP contribution in [-0.4, -0.2) is 66.1 Å². The lowest BCUT2D eigenvalue weighted by Crippen LogP contribution is -2.52. The monoisotopic (exact) mass is 563 g/mol. The molecule has 180 valence electrons. The molecule has 6 nitrogen and oxygen atoms in total. The first kappa shape index (κ1) is 27.1. The van der Waals surface area contributed by atoms with Gasteiger partial charge in [-0.25, -0.2) is 0 Å². The minimum atomic E-state index is 0. The first-order valence-corrected chi connectivity index (χ1v) is 11.8. The molecule has 0 spiro atoms. The number of aliphatic imine (C=N–C) groups is 1. The van der Waals surface area contributed by atoms with Crippen LogP contribution in [0.25, 0.3) is 6.08 Å². The molecule has 0 aliphatic carbocycles. The highest BCUT2D eigenvalue weighted by atomic mass is 127. The fourth-order valence-electron chi connectivity index (χ4n) is 3.95. The summed E-state index contributed by atoms with van der Waals surface area (Å²) >= 11 is 0. The summed E-state index contributed by atoms with van der Waals surface area (Å²) in [7, 11) is 0. The Hall–Kier alpha value is -2.13. The molecule has 0 bridgehead atoms. The van der Waals surface area contributed by atoms with Gasteiger partial charge in [-0.1, -0.05) is 48.6 Å². The van der Waals surface area contributed by atoms with Crippen molar-refractivity contribution in [3.8, 4) is 0 Å². The number of aryl methyl sites for hydroxylation is 1. The van der Waals surface area contributed by atoms with Crippen molar-refractivity contribution in [3.05, 3.63) is 76.2 Å². The van der Waals surface area contributed by atoms with Gasteiger partial charge >= 0.3 is 0 Å². The van der Waals surface area contributed by atoms with Gasteiger partial charge in [0.15, 0.2) is 5.96 Å². The van der Waals surface area contributed by atoms with Crippen molar-refractivity contribution in [3.63, 3.8) is 0 Å². The summed E-state index contributed by atoms with van der Waals surface area (Å²) in [5.41, 5.74) is 2.35. The largest absolute Gasteiger partial charge is 0.357 e. The highest BCUT2D eigenvalue weighted by Gasteiger charge is 2.18. The van der Waals surface area contributed by atoms with Gasteiger partial charge in [0.1, 0.15) is 0 Å². The van der Waals surface area contributed by atoms with Crippen LogP contribution in [-0.2, 0) is 6.54 Å². The molecule has 0 radical (unpaired) electrons. The summed E-state index contributed by atoms with van der Waals surface area (Å²) in [4.78, 5) is 21.7. The topological polar surface area (TPSA) is 52.9 Å². The Labute approximate surface area is 215 Å². The van der Waals surface area contributed by atoms with Gasteiger partial charge in [-0.15, -0.1) is 24.0 Å². The second-order valence-electron chi connectivity index (χ2n) is 8.20. The Kier molecular flexibility index (Phi) is 12.2. The fourth-order valence-corrected chi connectivity index (χ4v) is 3.95. The maximum Gasteiger partial charge on any atom is 0.250 e. The molecule has 1 aliphatic rings. The molecule has 1 aliphatic heterocycles. The number of piperazine rings is 1. The second kappa shape index (κ2) is 14.9. The van der Waals surface area contributed by atoms with E-state index in [4.69, 9.17) is 4.99 Å². The molecule has 0 amide bonds. The van der Waals surface area contributed by atoms with Crippen molar-refractivity contribution in [2.45, 2.75) is 33.2 Å². The third-order valence-corrected chi connectivity index (χ3v) is 5.80. The van der Waals surface area contributed by atoms with Gasteiger partial charge in [-0.2, -0.15) is 0 Å². The predicted octanol–water partition coefficient (Wildman–Crippen LogP) is 3.85. The Morgan fingerprint density at radius 3 is 2.48 bits per heavy atom. The SMILES string of the molecule is CCNC(=NCCCCn1c(C)cccc1=O)N1CCN(C/C=C/c2ccccc2)CC1.I. The highest BCUT2D eigenvalue weighted by Crippen LogP contribution is 2.06. The number of aromatic nitrogens is 1. The Bertz CT molecular complexity index is 933. The second-order valence-corrected chi connectivity index (χ2v) is 8.20. The van der Waals surface area contributed by atoms with Crippen LogP contribution < -0.4 is 10.9 Å². The van der Waals surface area contributed by atoms with E-state index >= 15 is 0 Å². The lowest BCUT2D eigenvalue weighted by molar-refractivity contribution is 0.194. The van der Waals surface area contributed by atoms with Crippen LogP contribution in [0.2, 0.25) is 0 Å². The molecule has 1 N–H and O–H groups in total. The normalized spacial score (nSPS) is 15.0. The van der Waals surface area contributed by atoms with Crippen LogP contribution in [0.5, 0.6) is 0 Å². The van der Waals surface area contributed by atoms with E-state index in [1.165, 1.54) is 5.56 Å². The number of guanidine groups is 1. The van der Waals surface area contributed by atoms with E-state index in [2.05, 4.69) is 58.5 Å². The number of rotatable bonds is 9. The Balaban J connectivity index is 0.00000385. The number of nitrogens with one attached hydrogen (secondary N) is 1. The quantitative estimate of drug-likeness (QED) is 0.218. The number of benzene rings is 1. The molecule has 33 heavy (non-hydrogen) atoms. The lowest BCUT2D eigenvalue weighted by atomic mass is 10.2. The van der Waals surface area contributed by atoms with Gasteiger partial charge in [-0.3, -0.25) is 14.7 Å². The molecular weight excluding hydrogens is 525 g/mol. The summed E-state index contributed by atoms with van der Waals surface area (Å²) in [6.07, 6.45) is 6.38. The standard InChI is InChI=1S/C26H37N5O.HI/c1-3-27-26(28-16-7-8-18-31-23(2)11-9-15-25(31)32)30-21-19-29(20-22-30)17-10-14-24-12-5-4-6-13-24;/h4-6,9-15H,3,7-8,16-22H2,1-2H3,(H,27,28);1H/b14-10+;. The predicted molar refractivity (Wildman–Crippen MR) is 150 cm³/mol. The third kappa shape index (κ3) is 8.97. The van der Waals surface area contributed by atoms with Crippen LogP contribution in [0.1, 0.15) is 31.0 Å². The Morgan fingerprint density at radius 2 is 1.79 bits per heavy atom. The maximum absolute atomic E-state index is 12.0. The molecule has 1 aromatic heterocycles. The molecule has 0 atom stereocenters. The van der Waals surface area contributed by atoms with E-state index in [-0.39, 0.29) is 29.5 Å². The number of hydrogen-bond acceptors (Lipinski definition) is 3. The van der Waals surface area contributed by atoms with E-state index in [0.717, 1.165) is 76.9 Å². The zero-order valence-corrected chi connectivity index (χ0v) is 22.3. The van der Waals surface area contributed by atoms with Crippen molar-refractivity contribution >= 4 is 36.0 Å². The lowest BCUT2D eigenvalue weighted by Gasteiger charge is -2.36. The zero-order valence-electron chi connectivity index (χ0n) is 19.9. The Morgan fingerprint density at radius 1 is 1.03 bits per heavy atom. The molecule has 0 saturated carbocycles. The van der Waals surface area contributed by atoms with Crippen LogP contribution in [0.3, 0.4) is 0 Å². The highest BCUT2D eigenvalue weighted by molar-refractivity contribution is 14.0. The van der Waals surface area contributed by atoms with E-state index in [1.54, 1.807) is 6.07 Å². The number of nitrogens with zero attached hydrogens (tertiary/aromatic N) is 4. The van der Waals surface area contributed by atoms with Crippen LogP contribution in [0, 0.1) is 6.92 Å². The summed E-state index contributed by atoms with van der Waals surface area (Å²) in [6, 6.07) is 15.9. The van der Waals surface area contributed by atoms with E-state index in [9.17, 15) is 4.79 Å². The van der Waals surface area contributed by atoms with E-state index < -0.39 is 0 Å². The van der Waals surface area contributed by atoms with Crippen molar-refractivity contribution in [1.82, 2.24) is 19.7 Å². The summed E-state index contributed by atoms with van der Waals surface area (Å²) < 4.78 is 1.85. The smallest absolute Gasteiger partial charge is 0.250 e. The number of hydrogen-bond donors (Lipinski definition) is 1. The minimum Gasteiger partial charge on any atom is -0.357 e. The third-order valence-electron chi connectivity index (χ3n) is 5.80. The molecule has 2 heterocycles. The van der Waals surface area contributed by atoms with Crippen molar-refractivity contribution in [1.29, 1.82) is 0 Å². The van der Waals surface area contributed by atoms with Gasteiger partial charge in [0.2, 0.25) is 0 Å². The van der Waals surface area contributed by atoms with Crippen molar-refractivity contribution in [2.75, 3.05) is 45.8 Å². The van der Waals surface area contributed by atoms with Crippen LogP contribution in [0.15, 0.2) is 64.4 Å². The average Bonchev–Trinajstić information content (AvgIpc) is 2.81. The maximum atomic E-state index is 12.0. The van der Waals surface area contributed by atoms with Crippen LogP contribution >= 0.6 is 24.0 Å². The molecule has 2 aromatic rings. The molecule has 7 heteroatoms. The molecule has 1 aromatic carbocycles. The molecule has 1 saturated heterocycles.